The minimum Gasteiger partial charge on any atom is -0.456 e. The fourth-order valence-electron chi connectivity index (χ4n) is 2.27. The number of carbonyl (C=O) groups excluding carboxylic acids is 3. The average molecular weight is 340 g/mol. The van der Waals surface area contributed by atoms with Gasteiger partial charge in [0.05, 0.1) is 6.42 Å². The van der Waals surface area contributed by atoms with E-state index in [0.717, 1.165) is 5.56 Å². The molecule has 0 fully saturated rings. The summed E-state index contributed by atoms with van der Waals surface area (Å²) in [6.45, 7) is 1.56. The van der Waals surface area contributed by atoms with Gasteiger partial charge in [0.25, 0.3) is 5.91 Å². The number of hydrogen-bond acceptors (Lipinski definition) is 4. The summed E-state index contributed by atoms with van der Waals surface area (Å²) < 4.78 is 5.01. The Labute approximate surface area is 146 Å². The van der Waals surface area contributed by atoms with E-state index in [1.165, 1.54) is 12.1 Å². The van der Waals surface area contributed by atoms with E-state index in [1.54, 1.807) is 12.1 Å². The van der Waals surface area contributed by atoms with Gasteiger partial charge in [0, 0.05) is 11.3 Å². The summed E-state index contributed by atoms with van der Waals surface area (Å²) in [5, 5.41) is 2.58. The van der Waals surface area contributed by atoms with E-state index < -0.39 is 17.8 Å². The van der Waals surface area contributed by atoms with E-state index in [2.05, 4.69) is 5.32 Å². The second kappa shape index (κ2) is 8.63. The second-order valence-corrected chi connectivity index (χ2v) is 5.67. The van der Waals surface area contributed by atoms with E-state index >= 15 is 0 Å². The van der Waals surface area contributed by atoms with E-state index in [1.807, 2.05) is 37.3 Å². The first-order valence-electron chi connectivity index (χ1n) is 7.86. The Morgan fingerprint density at radius 1 is 1.04 bits per heavy atom. The zero-order valence-corrected chi connectivity index (χ0v) is 13.9. The van der Waals surface area contributed by atoms with Gasteiger partial charge >= 0.3 is 5.97 Å². The number of primary amides is 1. The Bertz CT molecular complexity index is 742. The Hall–Kier alpha value is -3.15. The fourth-order valence-corrected chi connectivity index (χ4v) is 2.27. The highest BCUT2D eigenvalue weighted by atomic mass is 16.5. The molecule has 0 unspecified atom stereocenters. The SMILES string of the molecule is C[C@H](CC(=O)OCC(=O)Nc1ccc(C(N)=O)cc1)c1ccccc1. The van der Waals surface area contributed by atoms with Gasteiger partial charge in [-0.05, 0) is 35.7 Å². The zero-order chi connectivity index (χ0) is 18.2. The van der Waals surface area contributed by atoms with Crippen molar-refractivity contribution in [3.8, 4) is 0 Å². The van der Waals surface area contributed by atoms with Gasteiger partial charge in [-0.3, -0.25) is 14.4 Å². The number of ether oxygens (including phenoxy) is 1. The highest BCUT2D eigenvalue weighted by Gasteiger charge is 2.14. The second-order valence-electron chi connectivity index (χ2n) is 5.67. The normalized spacial score (nSPS) is 11.4. The molecule has 1 atom stereocenters. The van der Waals surface area contributed by atoms with E-state index in [9.17, 15) is 14.4 Å². The highest BCUT2D eigenvalue weighted by molar-refractivity contribution is 5.95. The number of esters is 1. The summed E-state index contributed by atoms with van der Waals surface area (Å²) in [4.78, 5) is 34.6. The van der Waals surface area contributed by atoms with E-state index in [0.29, 0.717) is 11.3 Å². The van der Waals surface area contributed by atoms with Crippen LogP contribution in [0.3, 0.4) is 0 Å². The number of nitrogens with two attached hydrogens (primary N) is 1. The molecular formula is C19H20N2O4. The lowest BCUT2D eigenvalue weighted by molar-refractivity contribution is -0.147. The Balaban J connectivity index is 1.77. The minimum atomic E-state index is -0.542. The van der Waals surface area contributed by atoms with E-state index in [-0.39, 0.29) is 18.9 Å². The van der Waals surface area contributed by atoms with Crippen LogP contribution in [0.5, 0.6) is 0 Å². The summed E-state index contributed by atoms with van der Waals surface area (Å²) >= 11 is 0. The quantitative estimate of drug-likeness (QED) is 0.756. The Morgan fingerprint density at radius 2 is 1.68 bits per heavy atom. The van der Waals surface area contributed by atoms with Crippen molar-refractivity contribution in [3.63, 3.8) is 0 Å². The topological polar surface area (TPSA) is 98.5 Å². The predicted molar refractivity (Wildman–Crippen MR) is 94.0 cm³/mol. The van der Waals surface area contributed by atoms with Crippen molar-refractivity contribution in [1.82, 2.24) is 0 Å². The number of nitrogens with one attached hydrogen (secondary N) is 1. The van der Waals surface area contributed by atoms with Crippen LogP contribution in [0.2, 0.25) is 0 Å². The lowest BCUT2D eigenvalue weighted by Crippen LogP contribution is -2.21. The van der Waals surface area contributed by atoms with Crippen LogP contribution in [-0.2, 0) is 14.3 Å². The van der Waals surface area contributed by atoms with Crippen LogP contribution < -0.4 is 11.1 Å². The van der Waals surface area contributed by atoms with Crippen molar-refractivity contribution in [2.24, 2.45) is 5.73 Å². The Kier molecular flexibility index (Phi) is 6.28. The number of benzene rings is 2. The molecule has 0 spiro atoms. The fraction of sp³-hybridized carbons (Fsp3) is 0.211. The third kappa shape index (κ3) is 5.76. The number of rotatable bonds is 7. The van der Waals surface area contributed by atoms with Gasteiger partial charge in [-0.25, -0.2) is 0 Å². The van der Waals surface area contributed by atoms with Gasteiger partial charge in [0.2, 0.25) is 5.91 Å². The van der Waals surface area contributed by atoms with Crippen molar-refractivity contribution in [1.29, 1.82) is 0 Å². The first kappa shape index (κ1) is 18.2. The van der Waals surface area contributed by atoms with E-state index in [4.69, 9.17) is 10.5 Å². The third-order valence-electron chi connectivity index (χ3n) is 3.66. The average Bonchev–Trinajstić information content (AvgIpc) is 2.61. The molecule has 0 radical (unpaired) electrons. The highest BCUT2D eigenvalue weighted by Crippen LogP contribution is 2.18. The maximum Gasteiger partial charge on any atom is 0.306 e. The molecule has 0 aromatic heterocycles. The molecule has 0 aliphatic heterocycles. The molecule has 0 bridgehead atoms. The van der Waals surface area contributed by atoms with Gasteiger partial charge in [-0.15, -0.1) is 0 Å². The lowest BCUT2D eigenvalue weighted by atomic mass is 9.98. The van der Waals surface area contributed by atoms with Crippen LogP contribution in [0.15, 0.2) is 54.6 Å². The molecule has 2 rings (SSSR count). The van der Waals surface area contributed by atoms with Crippen LogP contribution in [0.25, 0.3) is 0 Å². The molecule has 6 nitrogen and oxygen atoms in total. The van der Waals surface area contributed by atoms with Gasteiger partial charge in [-0.2, -0.15) is 0 Å². The molecule has 2 aromatic carbocycles. The Morgan fingerprint density at radius 3 is 2.28 bits per heavy atom. The molecular weight excluding hydrogens is 320 g/mol. The number of hydrogen-bond donors (Lipinski definition) is 2. The number of carbonyl (C=O) groups is 3. The van der Waals surface area contributed by atoms with Crippen molar-refractivity contribution < 1.29 is 19.1 Å². The molecule has 2 amide bonds. The van der Waals surface area contributed by atoms with Crippen LogP contribution in [-0.4, -0.2) is 24.4 Å². The zero-order valence-electron chi connectivity index (χ0n) is 13.9. The maximum absolute atomic E-state index is 11.8. The van der Waals surface area contributed by atoms with Crippen LogP contribution in [0.4, 0.5) is 5.69 Å². The molecule has 0 saturated carbocycles. The molecule has 0 saturated heterocycles. The molecule has 0 heterocycles. The molecule has 25 heavy (non-hydrogen) atoms. The summed E-state index contributed by atoms with van der Waals surface area (Å²) in [6.07, 6.45) is 0.199. The molecule has 6 heteroatoms. The number of anilines is 1. The smallest absolute Gasteiger partial charge is 0.306 e. The summed E-state index contributed by atoms with van der Waals surface area (Å²) in [6, 6.07) is 15.7. The van der Waals surface area contributed by atoms with Gasteiger partial charge in [0.1, 0.15) is 0 Å². The monoisotopic (exact) mass is 340 g/mol. The maximum atomic E-state index is 11.8. The third-order valence-corrected chi connectivity index (χ3v) is 3.66. The van der Waals surface area contributed by atoms with Crippen molar-refractivity contribution in [2.45, 2.75) is 19.3 Å². The van der Waals surface area contributed by atoms with Crippen LogP contribution in [0.1, 0.15) is 35.2 Å². The lowest BCUT2D eigenvalue weighted by Gasteiger charge is -2.11. The first-order chi connectivity index (χ1) is 12.0. The standard InChI is InChI=1S/C19H20N2O4/c1-13(14-5-3-2-4-6-14)11-18(23)25-12-17(22)21-16-9-7-15(8-10-16)19(20)24/h2-10,13H,11-12H2,1H3,(H2,20,24)(H,21,22)/t13-/m1/s1. The van der Waals surface area contributed by atoms with Crippen LogP contribution >= 0.6 is 0 Å². The molecule has 3 N–H and O–H groups in total. The molecule has 2 aromatic rings. The summed E-state index contributed by atoms with van der Waals surface area (Å²) in [5.41, 5.74) is 7.02. The summed E-state index contributed by atoms with van der Waals surface area (Å²) in [7, 11) is 0. The van der Waals surface area contributed by atoms with Gasteiger partial charge < -0.3 is 15.8 Å². The minimum absolute atomic E-state index is 0.0121. The first-order valence-corrected chi connectivity index (χ1v) is 7.86. The molecule has 0 aliphatic rings. The van der Waals surface area contributed by atoms with Crippen molar-refractivity contribution >= 4 is 23.5 Å². The van der Waals surface area contributed by atoms with Crippen molar-refractivity contribution in [3.05, 3.63) is 65.7 Å². The largest absolute Gasteiger partial charge is 0.456 e. The van der Waals surface area contributed by atoms with Gasteiger partial charge in [-0.1, -0.05) is 37.3 Å². The summed E-state index contributed by atoms with van der Waals surface area (Å²) in [5.74, 6) is -1.42. The molecule has 130 valence electrons. The number of amides is 2. The van der Waals surface area contributed by atoms with Crippen LogP contribution in [0, 0.1) is 0 Å². The van der Waals surface area contributed by atoms with Gasteiger partial charge in [0.15, 0.2) is 6.61 Å². The predicted octanol–water partition coefficient (Wildman–Crippen LogP) is 2.46. The molecule has 0 aliphatic carbocycles. The van der Waals surface area contributed by atoms with Crippen molar-refractivity contribution in [2.75, 3.05) is 11.9 Å².